The van der Waals surface area contributed by atoms with Crippen LogP contribution in [-0.2, 0) is 4.79 Å². The lowest BCUT2D eigenvalue weighted by molar-refractivity contribution is -0.126. The number of fused-ring (bicyclic) bond motifs is 1. The third-order valence-corrected chi connectivity index (χ3v) is 5.74. The van der Waals surface area contributed by atoms with E-state index in [0.717, 1.165) is 58.6 Å². The van der Waals surface area contributed by atoms with Crippen LogP contribution in [0.15, 0.2) is 41.9 Å². The number of hydrogen-bond donors (Lipinski definition) is 3. The van der Waals surface area contributed by atoms with Crippen LogP contribution in [0, 0.1) is 0 Å². The molecule has 1 amide bonds. The Balaban J connectivity index is 1.68. The topological polar surface area (TPSA) is 97.3 Å². The van der Waals surface area contributed by atoms with Gasteiger partial charge in [0.2, 0.25) is 5.91 Å². The van der Waals surface area contributed by atoms with Gasteiger partial charge in [-0.1, -0.05) is 12.1 Å². The number of amides is 1. The molecule has 5 N–H and O–H groups in total. The average molecular weight is 379 g/mol. The molecule has 1 saturated heterocycles. The number of aromatic nitrogens is 1. The maximum atomic E-state index is 12.4. The van der Waals surface area contributed by atoms with E-state index in [9.17, 15) is 4.79 Å². The molecule has 4 rings (SSSR count). The van der Waals surface area contributed by atoms with Crippen molar-refractivity contribution in [2.75, 3.05) is 37.6 Å². The van der Waals surface area contributed by atoms with Gasteiger partial charge in [0.15, 0.2) is 0 Å². The predicted octanol–water partition coefficient (Wildman–Crippen LogP) is 2.57. The van der Waals surface area contributed by atoms with Gasteiger partial charge < -0.3 is 21.7 Å². The van der Waals surface area contributed by atoms with Crippen molar-refractivity contribution < 1.29 is 4.79 Å². The minimum absolute atomic E-state index is 0.0248. The van der Waals surface area contributed by atoms with E-state index in [1.165, 1.54) is 0 Å². The molecular formula is C20H21N5OS. The van der Waals surface area contributed by atoms with Crippen molar-refractivity contribution in [3.05, 3.63) is 47.5 Å². The molecule has 138 valence electrons. The van der Waals surface area contributed by atoms with E-state index >= 15 is 0 Å². The summed E-state index contributed by atoms with van der Waals surface area (Å²) in [5.74, 6) is 0.514. The monoisotopic (exact) mass is 379 g/mol. The summed E-state index contributed by atoms with van der Waals surface area (Å²) >= 11 is 1.60. The number of carbonyl (C=O) groups is 1. The minimum Gasteiger partial charge on any atom is -0.399 e. The van der Waals surface area contributed by atoms with Gasteiger partial charge in [0.1, 0.15) is 5.82 Å². The Morgan fingerprint density at radius 2 is 1.93 bits per heavy atom. The second-order valence-electron chi connectivity index (χ2n) is 6.48. The smallest absolute Gasteiger partial charge is 0.246 e. The highest BCUT2D eigenvalue weighted by Gasteiger charge is 2.15. The van der Waals surface area contributed by atoms with Gasteiger partial charge in [-0.3, -0.25) is 4.79 Å². The molecule has 0 saturated carbocycles. The summed E-state index contributed by atoms with van der Waals surface area (Å²) in [6, 6.07) is 7.70. The van der Waals surface area contributed by atoms with Crippen molar-refractivity contribution >= 4 is 44.9 Å². The highest BCUT2D eigenvalue weighted by molar-refractivity contribution is 7.18. The van der Waals surface area contributed by atoms with E-state index in [4.69, 9.17) is 11.5 Å². The SMILES string of the molecule is Nc1ccc(-c2csc3c(C=CC(=O)N4CCNCC4)cnc(N)c23)cc1. The number of nitrogens with two attached hydrogens (primary N) is 2. The van der Waals surface area contributed by atoms with Crippen LogP contribution in [0.1, 0.15) is 5.56 Å². The van der Waals surface area contributed by atoms with Crippen molar-refractivity contribution in [1.82, 2.24) is 15.2 Å². The van der Waals surface area contributed by atoms with Crippen LogP contribution in [0.25, 0.3) is 27.3 Å². The summed E-state index contributed by atoms with van der Waals surface area (Å²) in [7, 11) is 0. The van der Waals surface area contributed by atoms with E-state index in [1.807, 2.05) is 35.2 Å². The van der Waals surface area contributed by atoms with Crippen LogP contribution in [0.3, 0.4) is 0 Å². The molecule has 0 unspecified atom stereocenters. The van der Waals surface area contributed by atoms with E-state index < -0.39 is 0 Å². The van der Waals surface area contributed by atoms with E-state index in [2.05, 4.69) is 15.7 Å². The van der Waals surface area contributed by atoms with Gasteiger partial charge in [-0.25, -0.2) is 4.98 Å². The van der Waals surface area contributed by atoms with Gasteiger partial charge in [-0.2, -0.15) is 0 Å². The first-order chi connectivity index (χ1) is 13.1. The van der Waals surface area contributed by atoms with Crippen molar-refractivity contribution in [2.45, 2.75) is 0 Å². The molecule has 1 aliphatic heterocycles. The Hall–Kier alpha value is -2.90. The summed E-state index contributed by atoms with van der Waals surface area (Å²) in [4.78, 5) is 18.6. The zero-order valence-corrected chi connectivity index (χ0v) is 15.6. The maximum Gasteiger partial charge on any atom is 0.246 e. The Morgan fingerprint density at radius 1 is 1.19 bits per heavy atom. The highest BCUT2D eigenvalue weighted by Crippen LogP contribution is 2.39. The fraction of sp³-hybridized carbons (Fsp3) is 0.200. The summed E-state index contributed by atoms with van der Waals surface area (Å²) in [5.41, 5.74) is 15.7. The second kappa shape index (κ2) is 7.38. The molecule has 0 spiro atoms. The van der Waals surface area contributed by atoms with Gasteiger partial charge in [0, 0.05) is 65.4 Å². The third kappa shape index (κ3) is 3.51. The number of rotatable bonds is 3. The number of piperazine rings is 1. The number of carbonyl (C=O) groups excluding carboxylic acids is 1. The Morgan fingerprint density at radius 3 is 2.67 bits per heavy atom. The normalized spacial score (nSPS) is 14.9. The zero-order valence-electron chi connectivity index (χ0n) is 14.8. The molecule has 27 heavy (non-hydrogen) atoms. The fourth-order valence-electron chi connectivity index (χ4n) is 3.23. The molecule has 1 fully saturated rings. The van der Waals surface area contributed by atoms with Crippen LogP contribution < -0.4 is 16.8 Å². The quantitative estimate of drug-likeness (QED) is 0.480. The molecule has 0 radical (unpaired) electrons. The first-order valence-electron chi connectivity index (χ1n) is 8.83. The lowest BCUT2D eigenvalue weighted by Gasteiger charge is -2.26. The van der Waals surface area contributed by atoms with E-state index in [0.29, 0.717) is 5.82 Å². The number of benzene rings is 1. The molecule has 1 aromatic carbocycles. The lowest BCUT2D eigenvalue weighted by atomic mass is 10.0. The second-order valence-corrected chi connectivity index (χ2v) is 7.36. The Labute approximate surface area is 161 Å². The molecule has 3 aromatic rings. The van der Waals surface area contributed by atoms with Crippen molar-refractivity contribution in [1.29, 1.82) is 0 Å². The van der Waals surface area contributed by atoms with Gasteiger partial charge in [-0.15, -0.1) is 11.3 Å². The maximum absolute atomic E-state index is 12.4. The largest absolute Gasteiger partial charge is 0.399 e. The highest BCUT2D eigenvalue weighted by atomic mass is 32.1. The van der Waals surface area contributed by atoms with Gasteiger partial charge >= 0.3 is 0 Å². The number of anilines is 2. The number of nitrogens with zero attached hydrogens (tertiary/aromatic N) is 2. The summed E-state index contributed by atoms with van der Waals surface area (Å²) < 4.78 is 1.03. The molecule has 3 heterocycles. The lowest BCUT2D eigenvalue weighted by Crippen LogP contribution is -2.45. The minimum atomic E-state index is 0.0248. The molecule has 6 nitrogen and oxygen atoms in total. The van der Waals surface area contributed by atoms with Crippen LogP contribution >= 0.6 is 11.3 Å². The van der Waals surface area contributed by atoms with Gasteiger partial charge in [0.25, 0.3) is 0 Å². The van der Waals surface area contributed by atoms with Gasteiger partial charge in [-0.05, 0) is 29.2 Å². The molecule has 7 heteroatoms. The van der Waals surface area contributed by atoms with E-state index in [-0.39, 0.29) is 5.91 Å². The first-order valence-corrected chi connectivity index (χ1v) is 9.71. The predicted molar refractivity (Wildman–Crippen MR) is 112 cm³/mol. The first kappa shape index (κ1) is 17.5. The third-order valence-electron chi connectivity index (χ3n) is 4.71. The summed E-state index contributed by atoms with van der Waals surface area (Å²) in [5, 5.41) is 6.24. The average Bonchev–Trinajstić information content (AvgIpc) is 3.15. The van der Waals surface area contributed by atoms with Crippen LogP contribution in [0.2, 0.25) is 0 Å². The van der Waals surface area contributed by atoms with Crippen molar-refractivity contribution in [3.8, 4) is 11.1 Å². The summed E-state index contributed by atoms with van der Waals surface area (Å²) in [6.45, 7) is 3.14. The summed E-state index contributed by atoms with van der Waals surface area (Å²) in [6.07, 6.45) is 5.19. The standard InChI is InChI=1S/C20H21N5OS/c21-15-4-1-13(2-5-15)16-12-27-19-14(11-24-20(22)18(16)19)3-6-17(26)25-9-7-23-8-10-25/h1-6,11-12,23H,7-10,21H2,(H2,22,24). The number of thiophene rings is 1. The molecule has 2 aromatic heterocycles. The molecule has 0 bridgehead atoms. The molecule has 0 aliphatic carbocycles. The number of nitrogen functional groups attached to an aromatic ring is 2. The number of pyridine rings is 1. The number of nitrogens with one attached hydrogen (secondary N) is 1. The van der Waals surface area contributed by atoms with E-state index in [1.54, 1.807) is 23.6 Å². The Bertz CT molecular complexity index is 1000. The van der Waals surface area contributed by atoms with Crippen LogP contribution in [0.4, 0.5) is 11.5 Å². The zero-order chi connectivity index (χ0) is 18.8. The van der Waals surface area contributed by atoms with Crippen molar-refractivity contribution in [2.24, 2.45) is 0 Å². The molecule has 0 atom stereocenters. The van der Waals surface area contributed by atoms with Crippen LogP contribution in [0.5, 0.6) is 0 Å². The van der Waals surface area contributed by atoms with Crippen molar-refractivity contribution in [3.63, 3.8) is 0 Å². The van der Waals surface area contributed by atoms with Gasteiger partial charge in [0.05, 0.1) is 0 Å². The van der Waals surface area contributed by atoms with Crippen LogP contribution in [-0.4, -0.2) is 42.0 Å². The fourth-order valence-corrected chi connectivity index (χ4v) is 4.31. The Kier molecular flexibility index (Phi) is 4.79. The number of hydrogen-bond acceptors (Lipinski definition) is 6. The molecule has 1 aliphatic rings. The molecular weight excluding hydrogens is 358 g/mol.